The van der Waals surface area contributed by atoms with E-state index in [1.54, 1.807) is 18.2 Å². The quantitative estimate of drug-likeness (QED) is 0.280. The molecule has 5 amide bonds. The largest absolute Gasteiger partial charge is 0.481 e. The van der Waals surface area contributed by atoms with Crippen molar-refractivity contribution in [3.8, 4) is 0 Å². The predicted octanol–water partition coefficient (Wildman–Crippen LogP) is 2.72. The summed E-state index contributed by atoms with van der Waals surface area (Å²) >= 11 is 0. The van der Waals surface area contributed by atoms with Crippen LogP contribution in [0.5, 0.6) is 0 Å². The molecule has 1 aromatic carbocycles. The lowest BCUT2D eigenvalue weighted by atomic mass is 10.0. The van der Waals surface area contributed by atoms with E-state index in [2.05, 4.69) is 5.32 Å². The maximum absolute atomic E-state index is 13.4. The first-order chi connectivity index (χ1) is 19.3. The van der Waals surface area contributed by atoms with E-state index >= 15 is 0 Å². The van der Waals surface area contributed by atoms with Crippen LogP contribution in [0.1, 0.15) is 97.8 Å². The van der Waals surface area contributed by atoms with E-state index in [0.717, 1.165) is 56.3 Å². The molecule has 2 N–H and O–H groups in total. The van der Waals surface area contributed by atoms with E-state index in [4.69, 9.17) is 5.11 Å². The number of carboxylic acid groups (broad SMARTS) is 1. The Hall–Kier alpha value is -3.76. The molecular formula is C29H38N4O7. The van der Waals surface area contributed by atoms with Gasteiger partial charge in [-0.15, -0.1) is 0 Å². The molecule has 3 heterocycles. The fourth-order valence-electron chi connectivity index (χ4n) is 5.73. The van der Waals surface area contributed by atoms with Crippen LogP contribution in [0.15, 0.2) is 18.2 Å². The van der Waals surface area contributed by atoms with Crippen LogP contribution < -0.4 is 10.2 Å². The first-order valence-electron chi connectivity index (χ1n) is 14.4. The number of nitrogens with one attached hydrogen (secondary N) is 1. The average molecular weight is 555 g/mol. The number of anilines is 1. The smallest absolute Gasteiger partial charge is 0.303 e. The van der Waals surface area contributed by atoms with Crippen molar-refractivity contribution in [2.24, 2.45) is 0 Å². The van der Waals surface area contributed by atoms with E-state index in [1.807, 2.05) is 9.80 Å². The molecule has 0 bridgehead atoms. The van der Waals surface area contributed by atoms with Crippen LogP contribution in [-0.4, -0.2) is 82.6 Å². The zero-order valence-electron chi connectivity index (χ0n) is 22.9. The van der Waals surface area contributed by atoms with Crippen LogP contribution in [0.2, 0.25) is 0 Å². The highest BCUT2D eigenvalue weighted by Crippen LogP contribution is 2.34. The van der Waals surface area contributed by atoms with Gasteiger partial charge in [-0.1, -0.05) is 44.6 Å². The number of unbranched alkanes of at least 4 members (excludes halogenated alkanes) is 7. The molecule has 0 aliphatic carbocycles. The third-order valence-corrected chi connectivity index (χ3v) is 7.95. The summed E-state index contributed by atoms with van der Waals surface area (Å²) < 4.78 is 0. The molecule has 0 radical (unpaired) electrons. The van der Waals surface area contributed by atoms with Crippen molar-refractivity contribution in [2.75, 3.05) is 31.1 Å². The van der Waals surface area contributed by atoms with Gasteiger partial charge in [0.1, 0.15) is 6.04 Å². The molecule has 216 valence electrons. The van der Waals surface area contributed by atoms with Crippen LogP contribution in [0.25, 0.3) is 0 Å². The second-order valence-electron chi connectivity index (χ2n) is 10.7. The van der Waals surface area contributed by atoms with Crippen LogP contribution in [0.4, 0.5) is 5.69 Å². The topological polar surface area (TPSA) is 144 Å². The number of amides is 5. The van der Waals surface area contributed by atoms with E-state index in [0.29, 0.717) is 38.3 Å². The van der Waals surface area contributed by atoms with Crippen molar-refractivity contribution in [1.29, 1.82) is 0 Å². The van der Waals surface area contributed by atoms with Gasteiger partial charge in [-0.05, 0) is 31.4 Å². The molecular weight excluding hydrogens is 516 g/mol. The summed E-state index contributed by atoms with van der Waals surface area (Å²) in [7, 11) is 0. The Balaban J connectivity index is 1.22. The molecule has 40 heavy (non-hydrogen) atoms. The number of benzene rings is 1. The first kappa shape index (κ1) is 29.2. The van der Waals surface area contributed by atoms with Gasteiger partial charge < -0.3 is 14.9 Å². The second kappa shape index (κ2) is 13.5. The van der Waals surface area contributed by atoms with Crippen molar-refractivity contribution in [1.82, 2.24) is 15.1 Å². The van der Waals surface area contributed by atoms with Crippen molar-refractivity contribution in [3.05, 3.63) is 29.3 Å². The highest BCUT2D eigenvalue weighted by atomic mass is 16.4. The normalized spacial score (nSPS) is 19.2. The Morgan fingerprint density at radius 2 is 1.45 bits per heavy atom. The van der Waals surface area contributed by atoms with E-state index in [1.165, 1.54) is 0 Å². The Kier molecular flexibility index (Phi) is 9.89. The minimum Gasteiger partial charge on any atom is -0.481 e. The highest BCUT2D eigenvalue weighted by Gasteiger charge is 2.46. The Bertz CT molecular complexity index is 1160. The van der Waals surface area contributed by atoms with Gasteiger partial charge in [0.05, 0.1) is 16.8 Å². The lowest BCUT2D eigenvalue weighted by Crippen LogP contribution is -2.54. The van der Waals surface area contributed by atoms with Crippen molar-refractivity contribution in [3.63, 3.8) is 0 Å². The lowest BCUT2D eigenvalue weighted by molar-refractivity contribution is -0.138. The molecule has 3 aliphatic heterocycles. The molecule has 11 heteroatoms. The number of piperidine rings is 1. The lowest BCUT2D eigenvalue weighted by Gasteiger charge is -2.37. The Morgan fingerprint density at radius 3 is 2.08 bits per heavy atom. The zero-order valence-corrected chi connectivity index (χ0v) is 22.9. The van der Waals surface area contributed by atoms with Gasteiger partial charge in [-0.2, -0.15) is 0 Å². The van der Waals surface area contributed by atoms with Gasteiger partial charge in [-0.3, -0.25) is 39.0 Å². The number of hydrogen-bond donors (Lipinski definition) is 2. The van der Waals surface area contributed by atoms with Crippen LogP contribution in [0.3, 0.4) is 0 Å². The van der Waals surface area contributed by atoms with Crippen LogP contribution in [-0.2, 0) is 19.2 Å². The fourth-order valence-corrected chi connectivity index (χ4v) is 5.73. The van der Waals surface area contributed by atoms with Gasteiger partial charge in [-0.25, -0.2) is 0 Å². The molecule has 3 aliphatic rings. The van der Waals surface area contributed by atoms with Gasteiger partial charge >= 0.3 is 5.97 Å². The summed E-state index contributed by atoms with van der Waals surface area (Å²) in [5.74, 6) is -2.70. The van der Waals surface area contributed by atoms with Crippen molar-refractivity contribution >= 4 is 41.2 Å². The number of carbonyl (C=O) groups is 6. The molecule has 11 nitrogen and oxygen atoms in total. The predicted molar refractivity (Wildman–Crippen MR) is 146 cm³/mol. The number of rotatable bonds is 13. The Labute approximate surface area is 233 Å². The minimum atomic E-state index is -1.00. The minimum absolute atomic E-state index is 0.0723. The summed E-state index contributed by atoms with van der Waals surface area (Å²) in [6, 6.07) is 4.10. The number of carbonyl (C=O) groups excluding carboxylic acids is 5. The monoisotopic (exact) mass is 554 g/mol. The first-order valence-corrected chi connectivity index (χ1v) is 14.4. The van der Waals surface area contributed by atoms with Crippen LogP contribution in [0, 0.1) is 0 Å². The number of fused-ring (bicyclic) bond motifs is 1. The van der Waals surface area contributed by atoms with E-state index < -0.39 is 35.6 Å². The summed E-state index contributed by atoms with van der Waals surface area (Å²) in [6.07, 6.45) is 8.78. The van der Waals surface area contributed by atoms with Gasteiger partial charge in [0.2, 0.25) is 17.7 Å². The van der Waals surface area contributed by atoms with Gasteiger partial charge in [0, 0.05) is 45.4 Å². The summed E-state index contributed by atoms with van der Waals surface area (Å²) in [6.45, 7) is 2.11. The number of hydrogen-bond acceptors (Lipinski definition) is 7. The molecule has 1 atom stereocenters. The van der Waals surface area contributed by atoms with Crippen molar-refractivity contribution in [2.45, 2.75) is 83.1 Å². The zero-order chi connectivity index (χ0) is 28.6. The fraction of sp³-hybridized carbons (Fsp3) is 0.586. The molecule has 2 fully saturated rings. The maximum Gasteiger partial charge on any atom is 0.303 e. The molecule has 0 aromatic heterocycles. The average Bonchev–Trinajstić information content (AvgIpc) is 3.19. The van der Waals surface area contributed by atoms with Gasteiger partial charge in [0.15, 0.2) is 0 Å². The van der Waals surface area contributed by atoms with Crippen LogP contribution >= 0.6 is 0 Å². The molecule has 2 saturated heterocycles. The van der Waals surface area contributed by atoms with E-state index in [-0.39, 0.29) is 36.3 Å². The molecule has 1 unspecified atom stereocenters. The SMILES string of the molecule is O=C(O)CCCCCCCCCCC(=O)N1CCN(c2cccc3c2C(=O)N(C2CCC(=O)NC2=O)C3=O)CC1. The third-order valence-electron chi connectivity index (χ3n) is 7.95. The number of aliphatic carboxylic acids is 1. The maximum atomic E-state index is 13.4. The summed E-state index contributed by atoms with van der Waals surface area (Å²) in [5, 5.41) is 10.9. The molecule has 4 rings (SSSR count). The molecule has 0 spiro atoms. The van der Waals surface area contributed by atoms with Gasteiger partial charge in [0.25, 0.3) is 11.8 Å². The summed E-state index contributed by atoms with van der Waals surface area (Å²) in [5.41, 5.74) is 1.16. The van der Waals surface area contributed by atoms with Crippen molar-refractivity contribution < 1.29 is 33.9 Å². The number of nitrogens with zero attached hydrogens (tertiary/aromatic N) is 3. The number of imide groups is 2. The summed E-state index contributed by atoms with van der Waals surface area (Å²) in [4.78, 5) is 78.5. The highest BCUT2D eigenvalue weighted by molar-refractivity contribution is 6.25. The Morgan fingerprint density at radius 1 is 0.825 bits per heavy atom. The number of carboxylic acids is 1. The van der Waals surface area contributed by atoms with E-state index in [9.17, 15) is 28.8 Å². The molecule has 0 saturated carbocycles. The second-order valence-corrected chi connectivity index (χ2v) is 10.7. The number of piperazine rings is 1. The third kappa shape index (κ3) is 6.86. The molecule has 1 aromatic rings. The standard InChI is InChI=1S/C29H38N4O7/c34-23-15-14-22(27(38)30-23)33-28(39)20-10-9-11-21(26(20)29(33)40)31-16-18-32(19-17-31)24(35)12-7-5-3-1-2-4-6-8-13-25(36)37/h9-11,22H,1-8,12-19H2,(H,36,37)(H,30,34,38).